The molecule has 2 aromatic carbocycles. The van der Waals surface area contributed by atoms with Crippen LogP contribution in [0.25, 0.3) is 0 Å². The number of benzene rings is 2. The van der Waals surface area contributed by atoms with E-state index in [1.807, 2.05) is 32.0 Å². The van der Waals surface area contributed by atoms with Gasteiger partial charge in [0.2, 0.25) is 5.91 Å². The number of hydrogen-bond donors (Lipinski definition) is 2. The smallest absolute Gasteiger partial charge is 0.338 e. The van der Waals surface area contributed by atoms with Gasteiger partial charge in [0.25, 0.3) is 5.91 Å². The fourth-order valence-corrected chi connectivity index (χ4v) is 3.22. The fraction of sp³-hybridized carbons (Fsp3) is 0.423. The molecule has 2 amide bonds. The molecule has 0 radical (unpaired) electrons. The molecule has 0 aliphatic carbocycles. The minimum atomic E-state index is -0.739. The van der Waals surface area contributed by atoms with E-state index in [0.717, 1.165) is 13.1 Å². The summed E-state index contributed by atoms with van der Waals surface area (Å²) in [7, 11) is 0. The van der Waals surface area contributed by atoms with E-state index in [0.29, 0.717) is 30.2 Å². The third-order valence-corrected chi connectivity index (χ3v) is 5.30. The van der Waals surface area contributed by atoms with Crippen LogP contribution in [0.1, 0.15) is 38.1 Å². The van der Waals surface area contributed by atoms with Gasteiger partial charge in [0.15, 0.2) is 6.61 Å². The van der Waals surface area contributed by atoms with Crippen molar-refractivity contribution in [3.63, 3.8) is 0 Å². The SMILES string of the molecule is CCN(CC)CCOC(=O)c1ccc(NC(=O)C(NC(=O)COc2ccccc2)C(C)C)cc1. The van der Waals surface area contributed by atoms with Crippen molar-refractivity contribution in [2.45, 2.75) is 33.7 Å². The van der Waals surface area contributed by atoms with Gasteiger partial charge in [-0.15, -0.1) is 0 Å². The Hall–Kier alpha value is -3.39. The summed E-state index contributed by atoms with van der Waals surface area (Å²) in [6.45, 7) is 10.4. The second-order valence-electron chi connectivity index (χ2n) is 8.12. The van der Waals surface area contributed by atoms with Gasteiger partial charge in [0, 0.05) is 12.2 Å². The highest BCUT2D eigenvalue weighted by atomic mass is 16.5. The summed E-state index contributed by atoms with van der Waals surface area (Å²) >= 11 is 0. The Kier molecular flexibility index (Phi) is 11.1. The maximum atomic E-state index is 12.8. The molecule has 184 valence electrons. The second-order valence-corrected chi connectivity index (χ2v) is 8.12. The number of carbonyl (C=O) groups is 3. The summed E-state index contributed by atoms with van der Waals surface area (Å²) in [5.41, 5.74) is 0.925. The average Bonchev–Trinajstić information content (AvgIpc) is 2.84. The Bertz CT molecular complexity index is 912. The van der Waals surface area contributed by atoms with Crippen molar-refractivity contribution in [1.82, 2.24) is 10.2 Å². The predicted molar refractivity (Wildman–Crippen MR) is 132 cm³/mol. The lowest BCUT2D eigenvalue weighted by Crippen LogP contribution is -2.48. The Balaban J connectivity index is 1.86. The molecular formula is C26H35N3O5. The summed E-state index contributed by atoms with van der Waals surface area (Å²) in [6.07, 6.45) is 0. The summed E-state index contributed by atoms with van der Waals surface area (Å²) in [6, 6.07) is 14.7. The van der Waals surface area contributed by atoms with Gasteiger partial charge in [0.05, 0.1) is 5.56 Å². The zero-order valence-corrected chi connectivity index (χ0v) is 20.4. The van der Waals surface area contributed by atoms with Crippen LogP contribution in [-0.2, 0) is 14.3 Å². The van der Waals surface area contributed by atoms with E-state index < -0.39 is 12.0 Å². The molecule has 8 heteroatoms. The predicted octanol–water partition coefficient (Wildman–Crippen LogP) is 3.34. The van der Waals surface area contributed by atoms with Gasteiger partial charge in [-0.3, -0.25) is 9.59 Å². The lowest BCUT2D eigenvalue weighted by molar-refractivity contribution is -0.128. The molecule has 0 bridgehead atoms. The molecule has 0 aromatic heterocycles. The first-order chi connectivity index (χ1) is 16.3. The number of para-hydroxylation sites is 1. The minimum absolute atomic E-state index is 0.138. The van der Waals surface area contributed by atoms with Crippen LogP contribution in [0.2, 0.25) is 0 Å². The Morgan fingerprint density at radius 3 is 2.18 bits per heavy atom. The number of esters is 1. The van der Waals surface area contributed by atoms with E-state index in [4.69, 9.17) is 9.47 Å². The highest BCUT2D eigenvalue weighted by Gasteiger charge is 2.24. The molecule has 0 fully saturated rings. The topological polar surface area (TPSA) is 97.0 Å². The Morgan fingerprint density at radius 2 is 1.59 bits per heavy atom. The number of nitrogens with zero attached hydrogens (tertiary/aromatic N) is 1. The third-order valence-electron chi connectivity index (χ3n) is 5.30. The van der Waals surface area contributed by atoms with E-state index in [1.165, 1.54) is 0 Å². The van der Waals surface area contributed by atoms with Crippen LogP contribution in [0.3, 0.4) is 0 Å². The molecule has 0 heterocycles. The summed E-state index contributed by atoms with van der Waals surface area (Å²) in [5.74, 6) is -0.704. The molecule has 0 aliphatic heterocycles. The number of carbonyl (C=O) groups excluding carboxylic acids is 3. The molecule has 1 unspecified atom stereocenters. The molecule has 8 nitrogen and oxygen atoms in total. The molecule has 2 rings (SSSR count). The zero-order chi connectivity index (χ0) is 24.9. The van der Waals surface area contributed by atoms with Crippen LogP contribution in [0.15, 0.2) is 54.6 Å². The quantitative estimate of drug-likeness (QED) is 0.437. The molecule has 34 heavy (non-hydrogen) atoms. The number of anilines is 1. The van der Waals surface area contributed by atoms with Gasteiger partial charge in [-0.2, -0.15) is 0 Å². The molecule has 2 aromatic rings. The van der Waals surface area contributed by atoms with Gasteiger partial charge in [-0.1, -0.05) is 45.9 Å². The number of amides is 2. The summed E-state index contributed by atoms with van der Waals surface area (Å²) in [4.78, 5) is 39.5. The van der Waals surface area contributed by atoms with Crippen molar-refractivity contribution in [1.29, 1.82) is 0 Å². The van der Waals surface area contributed by atoms with Crippen LogP contribution in [0, 0.1) is 5.92 Å². The minimum Gasteiger partial charge on any atom is -0.484 e. The van der Waals surface area contributed by atoms with Crippen molar-refractivity contribution >= 4 is 23.5 Å². The molecule has 0 spiro atoms. The van der Waals surface area contributed by atoms with Crippen LogP contribution in [0.4, 0.5) is 5.69 Å². The molecule has 0 saturated heterocycles. The number of nitrogens with one attached hydrogen (secondary N) is 2. The van der Waals surface area contributed by atoms with E-state index in [-0.39, 0.29) is 24.3 Å². The maximum absolute atomic E-state index is 12.8. The van der Waals surface area contributed by atoms with Crippen molar-refractivity contribution in [2.75, 3.05) is 38.2 Å². The Morgan fingerprint density at radius 1 is 0.941 bits per heavy atom. The van der Waals surface area contributed by atoms with E-state index in [9.17, 15) is 14.4 Å². The second kappa shape index (κ2) is 14.0. The van der Waals surface area contributed by atoms with Crippen LogP contribution >= 0.6 is 0 Å². The molecule has 0 saturated carbocycles. The normalized spacial score (nSPS) is 11.7. The largest absolute Gasteiger partial charge is 0.484 e. The molecule has 2 N–H and O–H groups in total. The van der Waals surface area contributed by atoms with E-state index in [1.54, 1.807) is 36.4 Å². The van der Waals surface area contributed by atoms with Crippen molar-refractivity contribution in [2.24, 2.45) is 5.92 Å². The summed E-state index contributed by atoms with van der Waals surface area (Å²) in [5, 5.41) is 5.51. The van der Waals surface area contributed by atoms with Crippen molar-refractivity contribution in [3.8, 4) is 5.75 Å². The number of likely N-dealkylation sites (N-methyl/N-ethyl adjacent to an activating group) is 1. The third kappa shape index (κ3) is 8.86. The van der Waals surface area contributed by atoms with Gasteiger partial charge in [-0.05, 0) is 55.4 Å². The van der Waals surface area contributed by atoms with Gasteiger partial charge in [-0.25, -0.2) is 4.79 Å². The number of rotatable bonds is 13. The summed E-state index contributed by atoms with van der Waals surface area (Å²) < 4.78 is 10.8. The lowest BCUT2D eigenvalue weighted by Gasteiger charge is -2.22. The van der Waals surface area contributed by atoms with Gasteiger partial charge in [0.1, 0.15) is 18.4 Å². The monoisotopic (exact) mass is 469 g/mol. The van der Waals surface area contributed by atoms with Crippen LogP contribution < -0.4 is 15.4 Å². The van der Waals surface area contributed by atoms with E-state index >= 15 is 0 Å². The lowest BCUT2D eigenvalue weighted by atomic mass is 10.0. The first kappa shape index (κ1) is 26.9. The molecule has 0 aliphatic rings. The zero-order valence-electron chi connectivity index (χ0n) is 20.4. The first-order valence-corrected chi connectivity index (χ1v) is 11.6. The van der Waals surface area contributed by atoms with Crippen LogP contribution in [0.5, 0.6) is 5.75 Å². The average molecular weight is 470 g/mol. The number of ether oxygens (including phenoxy) is 2. The number of hydrogen-bond acceptors (Lipinski definition) is 6. The van der Waals surface area contributed by atoms with Crippen LogP contribution in [-0.4, -0.2) is 61.6 Å². The van der Waals surface area contributed by atoms with Crippen molar-refractivity contribution in [3.05, 3.63) is 60.2 Å². The standard InChI is InChI=1S/C26H35N3O5/c1-5-29(6-2)16-17-33-26(32)20-12-14-21(15-13-20)27-25(31)24(19(3)4)28-23(30)18-34-22-10-8-7-9-11-22/h7-15,19,24H,5-6,16-18H2,1-4H3,(H,27,31)(H,28,30). The Labute approximate surface area is 201 Å². The maximum Gasteiger partial charge on any atom is 0.338 e. The van der Waals surface area contributed by atoms with Gasteiger partial charge < -0.3 is 25.0 Å². The first-order valence-electron chi connectivity index (χ1n) is 11.6. The highest BCUT2D eigenvalue weighted by molar-refractivity contribution is 5.98. The molecule has 1 atom stereocenters. The van der Waals surface area contributed by atoms with Gasteiger partial charge >= 0.3 is 5.97 Å². The molecular weight excluding hydrogens is 434 g/mol. The van der Waals surface area contributed by atoms with Crippen molar-refractivity contribution < 1.29 is 23.9 Å². The fourth-order valence-electron chi connectivity index (χ4n) is 3.22. The highest BCUT2D eigenvalue weighted by Crippen LogP contribution is 2.13. The van der Waals surface area contributed by atoms with E-state index in [2.05, 4.69) is 29.4 Å².